The molecule has 0 aromatic heterocycles. The molecule has 8 heteroatoms. The molecule has 1 unspecified atom stereocenters. The number of aliphatic imine (C=N–C) groups is 1. The summed E-state index contributed by atoms with van der Waals surface area (Å²) in [6, 6.07) is 5.40. The number of fused-ring (bicyclic) bond motifs is 1. The summed E-state index contributed by atoms with van der Waals surface area (Å²) in [6.07, 6.45) is 1.55. The van der Waals surface area contributed by atoms with Crippen LogP contribution in [0.5, 0.6) is 0 Å². The zero-order chi connectivity index (χ0) is 17.1. The van der Waals surface area contributed by atoms with Gasteiger partial charge in [0.1, 0.15) is 11.1 Å². The fourth-order valence-corrected chi connectivity index (χ4v) is 3.31. The highest BCUT2D eigenvalue weighted by atomic mass is 32.2. The molecule has 0 radical (unpaired) electrons. The fraction of sp³-hybridized carbons (Fsp3) is 0.250. The fourth-order valence-electron chi connectivity index (χ4n) is 2.42. The maximum absolute atomic E-state index is 13.5. The molecule has 3 rings (SSSR count). The summed E-state index contributed by atoms with van der Waals surface area (Å²) in [7, 11) is 0. The van der Waals surface area contributed by atoms with Gasteiger partial charge in [-0.25, -0.2) is 9.18 Å². The highest BCUT2D eigenvalue weighted by Crippen LogP contribution is 2.27. The molecule has 2 aliphatic rings. The Hall–Kier alpha value is -2.48. The van der Waals surface area contributed by atoms with E-state index in [0.717, 1.165) is 4.90 Å². The van der Waals surface area contributed by atoms with Crippen LogP contribution in [-0.4, -0.2) is 46.8 Å². The van der Waals surface area contributed by atoms with Crippen molar-refractivity contribution in [2.75, 3.05) is 13.1 Å². The van der Waals surface area contributed by atoms with Gasteiger partial charge in [0.15, 0.2) is 0 Å². The second-order valence-corrected chi connectivity index (χ2v) is 6.26. The minimum atomic E-state index is -0.623. The number of hydrogen-bond donors (Lipinski definition) is 1. The molecule has 1 N–H and O–H groups in total. The molecule has 0 bridgehead atoms. The van der Waals surface area contributed by atoms with Crippen molar-refractivity contribution < 1.29 is 18.8 Å². The van der Waals surface area contributed by atoms with E-state index in [1.165, 1.54) is 23.9 Å². The van der Waals surface area contributed by atoms with Crippen molar-refractivity contribution in [3.8, 4) is 0 Å². The third kappa shape index (κ3) is 3.38. The monoisotopic (exact) mass is 347 g/mol. The van der Waals surface area contributed by atoms with Crippen LogP contribution < -0.4 is 5.32 Å². The minimum Gasteiger partial charge on any atom is -0.354 e. The number of carbonyl (C=O) groups is 3. The van der Waals surface area contributed by atoms with Crippen LogP contribution in [0.1, 0.15) is 5.56 Å². The van der Waals surface area contributed by atoms with Gasteiger partial charge in [0, 0.05) is 13.1 Å². The lowest BCUT2D eigenvalue weighted by atomic mass is 10.1. The van der Waals surface area contributed by atoms with Crippen molar-refractivity contribution in [1.82, 2.24) is 10.2 Å². The van der Waals surface area contributed by atoms with E-state index in [4.69, 9.17) is 0 Å². The lowest BCUT2D eigenvalue weighted by molar-refractivity contribution is -0.127. The summed E-state index contributed by atoms with van der Waals surface area (Å²) < 4.78 is 13.5. The van der Waals surface area contributed by atoms with E-state index < -0.39 is 17.1 Å². The van der Waals surface area contributed by atoms with Crippen molar-refractivity contribution in [2.24, 2.45) is 4.99 Å². The standard InChI is InChI=1S/C16H14FN3O3S/c17-11-4-2-1-3-10(11)9-13(21)18-6-7-20-15(22)14-12(5-8-24-14)19-16(20)23/h1-5,8,14H,6-7,9H2,(H,18,21). The molecule has 4 amide bonds. The zero-order valence-corrected chi connectivity index (χ0v) is 13.4. The Balaban J connectivity index is 1.51. The van der Waals surface area contributed by atoms with Crippen molar-refractivity contribution >= 4 is 35.3 Å². The molecule has 24 heavy (non-hydrogen) atoms. The number of nitrogens with zero attached hydrogens (tertiary/aromatic N) is 2. The molecule has 0 fully saturated rings. The molecule has 2 heterocycles. The minimum absolute atomic E-state index is 0.0362. The molecule has 124 valence electrons. The number of amides is 4. The van der Waals surface area contributed by atoms with Gasteiger partial charge >= 0.3 is 6.03 Å². The Morgan fingerprint density at radius 3 is 2.92 bits per heavy atom. The molecule has 0 saturated carbocycles. The summed E-state index contributed by atoms with van der Waals surface area (Å²) >= 11 is 1.30. The lowest BCUT2D eigenvalue weighted by Gasteiger charge is -2.25. The average molecular weight is 347 g/mol. The Bertz CT molecular complexity index is 763. The van der Waals surface area contributed by atoms with E-state index in [1.54, 1.807) is 23.6 Å². The van der Waals surface area contributed by atoms with Crippen molar-refractivity contribution in [3.05, 3.63) is 47.1 Å². The molecule has 1 aromatic rings. The second kappa shape index (κ2) is 6.96. The number of urea groups is 1. The highest BCUT2D eigenvalue weighted by molar-refractivity contribution is 8.04. The average Bonchev–Trinajstić information content (AvgIpc) is 3.01. The Kier molecular flexibility index (Phi) is 4.75. The third-order valence-electron chi connectivity index (χ3n) is 3.63. The van der Waals surface area contributed by atoms with Gasteiger partial charge in [0.05, 0.1) is 12.1 Å². The van der Waals surface area contributed by atoms with Crippen LogP contribution in [0.25, 0.3) is 0 Å². The first kappa shape index (κ1) is 16.4. The number of hydrogen-bond acceptors (Lipinski definition) is 4. The van der Waals surface area contributed by atoms with E-state index in [9.17, 15) is 18.8 Å². The summed E-state index contributed by atoms with van der Waals surface area (Å²) in [5, 5.41) is 3.84. The number of benzene rings is 1. The number of nitrogens with one attached hydrogen (secondary N) is 1. The molecular formula is C16H14FN3O3S. The first-order chi connectivity index (χ1) is 11.6. The van der Waals surface area contributed by atoms with Crippen LogP contribution in [0.4, 0.5) is 9.18 Å². The predicted molar refractivity (Wildman–Crippen MR) is 88.2 cm³/mol. The number of carbonyl (C=O) groups excluding carboxylic acids is 3. The number of thioether (sulfide) groups is 1. The maximum Gasteiger partial charge on any atom is 0.350 e. The summed E-state index contributed by atoms with van der Waals surface area (Å²) in [5.74, 6) is -1.15. The molecule has 2 aliphatic heterocycles. The molecule has 1 atom stereocenters. The zero-order valence-electron chi connectivity index (χ0n) is 12.6. The van der Waals surface area contributed by atoms with Gasteiger partial charge in [0.2, 0.25) is 11.8 Å². The Morgan fingerprint density at radius 2 is 2.12 bits per heavy atom. The van der Waals surface area contributed by atoms with Crippen LogP contribution in [-0.2, 0) is 16.0 Å². The van der Waals surface area contributed by atoms with E-state index in [1.807, 2.05) is 0 Å². The second-order valence-electron chi connectivity index (χ2n) is 5.25. The van der Waals surface area contributed by atoms with Crippen molar-refractivity contribution in [3.63, 3.8) is 0 Å². The SMILES string of the molecule is O=C(Cc1ccccc1F)NCCN1C(=O)N=C2C=CSC2C1=O. The van der Waals surface area contributed by atoms with Crippen LogP contribution in [0.3, 0.4) is 0 Å². The van der Waals surface area contributed by atoms with Crippen LogP contribution in [0.2, 0.25) is 0 Å². The first-order valence-corrected chi connectivity index (χ1v) is 8.26. The van der Waals surface area contributed by atoms with E-state index in [-0.39, 0.29) is 31.3 Å². The van der Waals surface area contributed by atoms with E-state index >= 15 is 0 Å². The molecular weight excluding hydrogens is 333 g/mol. The van der Waals surface area contributed by atoms with Crippen LogP contribution >= 0.6 is 11.8 Å². The van der Waals surface area contributed by atoms with Crippen LogP contribution in [0.15, 0.2) is 40.7 Å². The number of imide groups is 1. The number of halogens is 1. The predicted octanol–water partition coefficient (Wildman–Crippen LogP) is 1.52. The van der Waals surface area contributed by atoms with E-state index in [0.29, 0.717) is 11.3 Å². The highest BCUT2D eigenvalue weighted by Gasteiger charge is 2.38. The number of rotatable bonds is 5. The quantitative estimate of drug-likeness (QED) is 0.876. The largest absolute Gasteiger partial charge is 0.354 e. The molecule has 0 aliphatic carbocycles. The Morgan fingerprint density at radius 1 is 1.33 bits per heavy atom. The van der Waals surface area contributed by atoms with Gasteiger partial charge in [-0.05, 0) is 23.1 Å². The van der Waals surface area contributed by atoms with Gasteiger partial charge in [-0.2, -0.15) is 4.99 Å². The van der Waals surface area contributed by atoms with Crippen molar-refractivity contribution in [1.29, 1.82) is 0 Å². The van der Waals surface area contributed by atoms with Gasteiger partial charge in [-0.1, -0.05) is 18.2 Å². The number of allylic oxidation sites excluding steroid dienone is 1. The normalized spacial score (nSPS) is 19.3. The molecule has 0 saturated heterocycles. The molecule has 1 aromatic carbocycles. The van der Waals surface area contributed by atoms with Gasteiger partial charge in [0.25, 0.3) is 0 Å². The summed E-state index contributed by atoms with van der Waals surface area (Å²) in [4.78, 5) is 40.8. The lowest BCUT2D eigenvalue weighted by Crippen LogP contribution is -2.49. The van der Waals surface area contributed by atoms with Gasteiger partial charge < -0.3 is 5.32 Å². The molecule has 6 nitrogen and oxygen atoms in total. The van der Waals surface area contributed by atoms with Crippen LogP contribution in [0, 0.1) is 5.82 Å². The van der Waals surface area contributed by atoms with Gasteiger partial charge in [-0.3, -0.25) is 14.5 Å². The summed E-state index contributed by atoms with van der Waals surface area (Å²) in [6.45, 7) is 0.134. The Labute approximate surface area is 141 Å². The smallest absolute Gasteiger partial charge is 0.350 e. The topological polar surface area (TPSA) is 78.8 Å². The maximum atomic E-state index is 13.5. The summed E-state index contributed by atoms with van der Waals surface area (Å²) in [5.41, 5.74) is 0.762. The van der Waals surface area contributed by atoms with Gasteiger partial charge in [-0.15, -0.1) is 11.8 Å². The molecule has 0 spiro atoms. The first-order valence-electron chi connectivity index (χ1n) is 7.32. The van der Waals surface area contributed by atoms with E-state index in [2.05, 4.69) is 10.3 Å². The van der Waals surface area contributed by atoms with Crippen molar-refractivity contribution in [2.45, 2.75) is 11.7 Å². The third-order valence-corrected chi connectivity index (χ3v) is 4.64.